The standard InChI is InChI=1S/C12H16N2O4S2/c1-18-12(15)6-7-20(16,17)14-10-4-2-9(3-5-10)8-11(13)19/h2-5,14H,6-8H2,1H3,(H2,13,19). The number of carbonyl (C=O) groups excluding carboxylic acids is 1. The number of methoxy groups -OCH3 is 1. The Labute approximate surface area is 123 Å². The van der Waals surface area contributed by atoms with Gasteiger partial charge in [0, 0.05) is 12.1 Å². The lowest BCUT2D eigenvalue weighted by Crippen LogP contribution is -2.19. The second-order valence-corrected chi connectivity index (χ2v) is 6.45. The van der Waals surface area contributed by atoms with Crippen LogP contribution in [0.2, 0.25) is 0 Å². The molecule has 8 heteroatoms. The Hall–Kier alpha value is -1.67. The summed E-state index contributed by atoms with van der Waals surface area (Å²) in [5, 5.41) is 0. The number of nitrogens with two attached hydrogens (primary N) is 1. The predicted octanol–water partition coefficient (Wildman–Crippen LogP) is 0.820. The van der Waals surface area contributed by atoms with E-state index in [2.05, 4.69) is 9.46 Å². The van der Waals surface area contributed by atoms with Crippen LogP contribution in [-0.4, -0.2) is 32.2 Å². The molecule has 0 aliphatic heterocycles. The summed E-state index contributed by atoms with van der Waals surface area (Å²) in [5.41, 5.74) is 6.74. The van der Waals surface area contributed by atoms with Crippen LogP contribution < -0.4 is 10.5 Å². The van der Waals surface area contributed by atoms with Gasteiger partial charge in [-0.2, -0.15) is 0 Å². The number of sulfonamides is 1. The highest BCUT2D eigenvalue weighted by Gasteiger charge is 2.13. The summed E-state index contributed by atoms with van der Waals surface area (Å²) in [5.74, 6) is -0.893. The van der Waals surface area contributed by atoms with Crippen LogP contribution in [0.25, 0.3) is 0 Å². The molecule has 0 aliphatic carbocycles. The van der Waals surface area contributed by atoms with Gasteiger partial charge in [-0.1, -0.05) is 24.4 Å². The summed E-state index contributed by atoms with van der Waals surface area (Å²) in [6.45, 7) is 0. The summed E-state index contributed by atoms with van der Waals surface area (Å²) in [7, 11) is -2.37. The molecule has 0 bridgehead atoms. The molecule has 0 fully saturated rings. The topological polar surface area (TPSA) is 98.5 Å². The van der Waals surface area contributed by atoms with E-state index in [0.717, 1.165) is 5.56 Å². The van der Waals surface area contributed by atoms with E-state index in [9.17, 15) is 13.2 Å². The van der Waals surface area contributed by atoms with E-state index < -0.39 is 16.0 Å². The Kier molecular flexibility index (Phi) is 5.90. The molecule has 0 amide bonds. The Bertz CT molecular complexity index is 582. The highest BCUT2D eigenvalue weighted by molar-refractivity contribution is 7.92. The highest BCUT2D eigenvalue weighted by atomic mass is 32.2. The fraction of sp³-hybridized carbons (Fsp3) is 0.333. The molecule has 0 saturated heterocycles. The number of benzene rings is 1. The first-order chi connectivity index (χ1) is 9.32. The zero-order valence-corrected chi connectivity index (χ0v) is 12.6. The van der Waals surface area contributed by atoms with Crippen LogP contribution in [0.15, 0.2) is 24.3 Å². The van der Waals surface area contributed by atoms with Crippen molar-refractivity contribution in [1.82, 2.24) is 0 Å². The lowest BCUT2D eigenvalue weighted by molar-refractivity contribution is -0.140. The van der Waals surface area contributed by atoms with Crippen molar-refractivity contribution in [2.75, 3.05) is 17.6 Å². The van der Waals surface area contributed by atoms with Crippen LogP contribution in [-0.2, 0) is 26.0 Å². The van der Waals surface area contributed by atoms with E-state index in [0.29, 0.717) is 17.1 Å². The molecule has 0 unspecified atom stereocenters. The molecular formula is C12H16N2O4S2. The van der Waals surface area contributed by atoms with Crippen LogP contribution in [0.5, 0.6) is 0 Å². The van der Waals surface area contributed by atoms with Gasteiger partial charge in [-0.25, -0.2) is 8.42 Å². The van der Waals surface area contributed by atoms with Crippen molar-refractivity contribution < 1.29 is 17.9 Å². The minimum absolute atomic E-state index is 0.189. The van der Waals surface area contributed by atoms with Gasteiger partial charge < -0.3 is 10.5 Å². The molecule has 0 saturated carbocycles. The Morgan fingerprint density at radius 3 is 2.45 bits per heavy atom. The van der Waals surface area contributed by atoms with Gasteiger partial charge in [-0.05, 0) is 17.7 Å². The van der Waals surface area contributed by atoms with E-state index in [4.69, 9.17) is 18.0 Å². The van der Waals surface area contributed by atoms with Crippen LogP contribution in [0.4, 0.5) is 5.69 Å². The van der Waals surface area contributed by atoms with Crippen molar-refractivity contribution >= 4 is 38.9 Å². The molecular weight excluding hydrogens is 300 g/mol. The first-order valence-corrected chi connectivity index (χ1v) is 7.83. The van der Waals surface area contributed by atoms with Gasteiger partial charge in [-0.15, -0.1) is 0 Å². The molecule has 1 rings (SSSR count). The monoisotopic (exact) mass is 316 g/mol. The third-order valence-corrected chi connectivity index (χ3v) is 3.84. The van der Waals surface area contributed by atoms with E-state index >= 15 is 0 Å². The van der Waals surface area contributed by atoms with Crippen molar-refractivity contribution in [3.63, 3.8) is 0 Å². The number of anilines is 1. The number of ether oxygens (including phenoxy) is 1. The molecule has 0 atom stereocenters. The summed E-state index contributed by atoms with van der Waals surface area (Å²) in [4.78, 5) is 11.3. The van der Waals surface area contributed by atoms with Gasteiger partial charge in [0.05, 0.1) is 24.3 Å². The first-order valence-electron chi connectivity index (χ1n) is 5.77. The number of nitrogens with one attached hydrogen (secondary N) is 1. The molecule has 1 aromatic rings. The molecule has 0 radical (unpaired) electrons. The van der Waals surface area contributed by atoms with Gasteiger partial charge in [0.25, 0.3) is 0 Å². The van der Waals surface area contributed by atoms with Crippen molar-refractivity contribution in [2.24, 2.45) is 5.73 Å². The molecule has 0 heterocycles. The number of hydrogen-bond donors (Lipinski definition) is 2. The van der Waals surface area contributed by atoms with Gasteiger partial charge >= 0.3 is 5.97 Å². The second kappa shape index (κ2) is 7.20. The Morgan fingerprint density at radius 1 is 1.35 bits per heavy atom. The third kappa shape index (κ3) is 5.98. The minimum atomic E-state index is -3.58. The molecule has 0 aliphatic rings. The SMILES string of the molecule is COC(=O)CCS(=O)(=O)Nc1ccc(CC(N)=S)cc1. The largest absolute Gasteiger partial charge is 0.469 e. The maximum Gasteiger partial charge on any atom is 0.306 e. The Morgan fingerprint density at radius 2 is 1.95 bits per heavy atom. The molecule has 1 aromatic carbocycles. The van der Waals surface area contributed by atoms with E-state index in [-0.39, 0.29) is 12.2 Å². The number of rotatable bonds is 7. The average Bonchev–Trinajstić information content (AvgIpc) is 2.37. The zero-order chi connectivity index (χ0) is 15.2. The molecule has 0 aromatic heterocycles. The molecule has 110 valence electrons. The van der Waals surface area contributed by atoms with Crippen LogP contribution in [0.1, 0.15) is 12.0 Å². The van der Waals surface area contributed by atoms with E-state index in [1.165, 1.54) is 7.11 Å². The van der Waals surface area contributed by atoms with Crippen LogP contribution >= 0.6 is 12.2 Å². The van der Waals surface area contributed by atoms with Crippen molar-refractivity contribution in [3.05, 3.63) is 29.8 Å². The maximum absolute atomic E-state index is 11.7. The fourth-order valence-corrected chi connectivity index (χ4v) is 2.64. The zero-order valence-electron chi connectivity index (χ0n) is 11.0. The second-order valence-electron chi connectivity index (χ2n) is 4.09. The fourth-order valence-electron chi connectivity index (χ4n) is 1.44. The predicted molar refractivity (Wildman–Crippen MR) is 81.0 cm³/mol. The normalized spacial score (nSPS) is 10.8. The molecule has 0 spiro atoms. The van der Waals surface area contributed by atoms with Crippen molar-refractivity contribution in [3.8, 4) is 0 Å². The van der Waals surface area contributed by atoms with Crippen LogP contribution in [0.3, 0.4) is 0 Å². The summed E-state index contributed by atoms with van der Waals surface area (Å²) >= 11 is 4.79. The smallest absolute Gasteiger partial charge is 0.306 e. The Balaban J connectivity index is 2.63. The summed E-state index contributed by atoms with van der Waals surface area (Å²) in [6.07, 6.45) is 0.274. The van der Waals surface area contributed by atoms with Gasteiger partial charge in [0.1, 0.15) is 0 Å². The minimum Gasteiger partial charge on any atom is -0.469 e. The number of hydrogen-bond acceptors (Lipinski definition) is 5. The number of carbonyl (C=O) groups is 1. The molecule has 3 N–H and O–H groups in total. The average molecular weight is 316 g/mol. The third-order valence-electron chi connectivity index (χ3n) is 2.41. The number of esters is 1. The highest BCUT2D eigenvalue weighted by Crippen LogP contribution is 2.12. The van der Waals surface area contributed by atoms with E-state index in [1.807, 2.05) is 0 Å². The summed E-state index contributed by atoms with van der Waals surface area (Å²) < 4.78 is 30.2. The quantitative estimate of drug-likeness (QED) is 0.571. The van der Waals surface area contributed by atoms with Crippen molar-refractivity contribution in [1.29, 1.82) is 0 Å². The van der Waals surface area contributed by atoms with Crippen LogP contribution in [0, 0.1) is 0 Å². The van der Waals surface area contributed by atoms with E-state index in [1.54, 1.807) is 24.3 Å². The lowest BCUT2D eigenvalue weighted by Gasteiger charge is -2.08. The maximum atomic E-state index is 11.7. The molecule has 20 heavy (non-hydrogen) atoms. The number of thiocarbonyl (C=S) groups is 1. The van der Waals surface area contributed by atoms with Gasteiger partial charge in [0.2, 0.25) is 10.0 Å². The lowest BCUT2D eigenvalue weighted by atomic mass is 10.1. The first kappa shape index (κ1) is 16.4. The molecule has 6 nitrogen and oxygen atoms in total. The van der Waals surface area contributed by atoms with Gasteiger partial charge in [-0.3, -0.25) is 9.52 Å². The van der Waals surface area contributed by atoms with Gasteiger partial charge in [0.15, 0.2) is 0 Å². The summed E-state index contributed by atoms with van der Waals surface area (Å²) in [6, 6.07) is 6.70. The van der Waals surface area contributed by atoms with Crippen molar-refractivity contribution in [2.45, 2.75) is 12.8 Å².